The summed E-state index contributed by atoms with van der Waals surface area (Å²) in [5.41, 5.74) is 0.990. The van der Waals surface area contributed by atoms with Gasteiger partial charge < -0.3 is 29.3 Å². The second kappa shape index (κ2) is 17.3. The monoisotopic (exact) mass is 729 g/mol. The smallest absolute Gasteiger partial charge is 0.410 e. The molecule has 2 aliphatic heterocycles. The highest BCUT2D eigenvalue weighted by molar-refractivity contribution is 6.28. The van der Waals surface area contributed by atoms with Gasteiger partial charge in [-0.05, 0) is 98.1 Å². The average Bonchev–Trinajstić information content (AvgIpc) is 3.71. The third-order valence-electron chi connectivity index (χ3n) is 9.14. The molecule has 2 amide bonds. The number of halogens is 1. The Kier molecular flexibility index (Phi) is 13.2. The van der Waals surface area contributed by atoms with E-state index in [0.717, 1.165) is 62.9 Å². The number of anilines is 1. The summed E-state index contributed by atoms with van der Waals surface area (Å²) in [6, 6.07) is 0.160. The van der Waals surface area contributed by atoms with Crippen molar-refractivity contribution in [2.24, 2.45) is 4.99 Å². The largest absolute Gasteiger partial charge is 0.444 e. The van der Waals surface area contributed by atoms with Gasteiger partial charge in [0.05, 0.1) is 30.5 Å². The Morgan fingerprint density at radius 1 is 0.941 bits per heavy atom. The molecule has 1 aliphatic carbocycles. The van der Waals surface area contributed by atoms with Gasteiger partial charge in [0.25, 0.3) is 0 Å². The van der Waals surface area contributed by atoms with Crippen molar-refractivity contribution in [2.45, 2.75) is 148 Å². The SMILES string of the molecule is CC(C)(C)OC(=O)N(CCCN(C(=O)OC(C)(C)C)C1CCCCC1)CCCn1cc(CNc2nc(Cl)nc3c2N=CC3C2CCCCO2)nn1. The summed E-state index contributed by atoms with van der Waals surface area (Å²) in [5.74, 6) is 0.513. The van der Waals surface area contributed by atoms with Gasteiger partial charge in [-0.25, -0.2) is 14.6 Å². The lowest BCUT2D eigenvalue weighted by Gasteiger charge is -2.36. The van der Waals surface area contributed by atoms with Crippen LogP contribution in [-0.4, -0.2) is 103 Å². The number of nitrogens with one attached hydrogen (secondary N) is 1. The van der Waals surface area contributed by atoms with E-state index in [-0.39, 0.29) is 35.5 Å². The van der Waals surface area contributed by atoms with Crippen molar-refractivity contribution in [3.8, 4) is 0 Å². The van der Waals surface area contributed by atoms with Gasteiger partial charge in [0.1, 0.15) is 22.6 Å². The van der Waals surface area contributed by atoms with Crippen LogP contribution in [0, 0.1) is 0 Å². The summed E-state index contributed by atoms with van der Waals surface area (Å²) >= 11 is 6.33. The Morgan fingerprint density at radius 3 is 2.35 bits per heavy atom. The standard InChI is InChI=1S/C36H56ClN9O5/c1-35(2,3)50-33(47)44(18-13-20-46(26-14-8-7-9-15-26)34(48)51-36(4,5)6)17-12-19-45-24-25(42-43-45)22-39-31-30-29(40-32(37)41-31)27(23-38-30)28-16-10-11-21-49-28/h23-24,26-28H,7-22H2,1-6H3,(H,39,40,41). The van der Waals surface area contributed by atoms with Gasteiger partial charge in [-0.3, -0.25) is 9.67 Å². The Labute approximate surface area is 307 Å². The van der Waals surface area contributed by atoms with Gasteiger partial charge in [-0.1, -0.05) is 24.5 Å². The molecule has 2 atom stereocenters. The first-order chi connectivity index (χ1) is 24.3. The third kappa shape index (κ3) is 11.5. The van der Waals surface area contributed by atoms with Crippen LogP contribution in [0.2, 0.25) is 5.28 Å². The van der Waals surface area contributed by atoms with Crippen molar-refractivity contribution < 1.29 is 23.8 Å². The fourth-order valence-corrected chi connectivity index (χ4v) is 6.96. The van der Waals surface area contributed by atoms with Crippen molar-refractivity contribution >= 4 is 41.5 Å². The topological polar surface area (TPSA) is 149 Å². The minimum Gasteiger partial charge on any atom is -0.444 e. The van der Waals surface area contributed by atoms with Crippen molar-refractivity contribution in [1.29, 1.82) is 0 Å². The summed E-state index contributed by atoms with van der Waals surface area (Å²) in [7, 11) is 0. The third-order valence-corrected chi connectivity index (χ3v) is 9.31. The van der Waals surface area contributed by atoms with Crippen LogP contribution in [0.1, 0.15) is 123 Å². The summed E-state index contributed by atoms with van der Waals surface area (Å²) in [6.07, 6.45) is 12.9. The lowest BCUT2D eigenvalue weighted by Crippen LogP contribution is -2.46. The number of carbonyl (C=O) groups excluding carboxylic acids is 2. The van der Waals surface area contributed by atoms with E-state index in [9.17, 15) is 9.59 Å². The molecule has 0 aromatic carbocycles. The zero-order chi connectivity index (χ0) is 36.6. The predicted molar refractivity (Wildman–Crippen MR) is 196 cm³/mol. The number of aliphatic imine (C=N–C) groups is 1. The Morgan fingerprint density at radius 2 is 1.65 bits per heavy atom. The zero-order valence-electron chi connectivity index (χ0n) is 31.2. The molecule has 1 saturated carbocycles. The Balaban J connectivity index is 1.15. The fourth-order valence-electron chi connectivity index (χ4n) is 6.79. The van der Waals surface area contributed by atoms with Gasteiger partial charge in [0, 0.05) is 45.0 Å². The quantitative estimate of drug-likeness (QED) is 0.208. The first-order valence-electron chi connectivity index (χ1n) is 18.6. The second-order valence-electron chi connectivity index (χ2n) is 15.8. The number of rotatable bonds is 13. The molecule has 4 heterocycles. The summed E-state index contributed by atoms with van der Waals surface area (Å²) in [4.78, 5) is 43.6. The number of aromatic nitrogens is 5. The van der Waals surface area contributed by atoms with Gasteiger partial charge >= 0.3 is 12.2 Å². The molecule has 0 spiro atoms. The van der Waals surface area contributed by atoms with Gasteiger partial charge in [-0.2, -0.15) is 4.98 Å². The van der Waals surface area contributed by atoms with Gasteiger partial charge in [0.15, 0.2) is 5.82 Å². The van der Waals surface area contributed by atoms with E-state index in [1.54, 1.807) is 9.58 Å². The number of fused-ring (bicyclic) bond motifs is 1. The number of ether oxygens (including phenoxy) is 3. The van der Waals surface area contributed by atoms with Crippen molar-refractivity contribution in [3.63, 3.8) is 0 Å². The maximum absolute atomic E-state index is 13.3. The highest BCUT2D eigenvalue weighted by Gasteiger charge is 2.34. The molecule has 282 valence electrons. The summed E-state index contributed by atoms with van der Waals surface area (Å²) < 4.78 is 19.3. The average molecular weight is 730 g/mol. The Bertz CT molecular complexity index is 1490. The van der Waals surface area contributed by atoms with Crippen molar-refractivity contribution in [2.75, 3.05) is 31.6 Å². The highest BCUT2D eigenvalue weighted by Crippen LogP contribution is 2.41. The lowest BCUT2D eigenvalue weighted by molar-refractivity contribution is 0.00983. The molecule has 2 aromatic rings. The van der Waals surface area contributed by atoms with Crippen LogP contribution in [0.3, 0.4) is 0 Å². The van der Waals surface area contributed by atoms with E-state index in [2.05, 4.69) is 30.6 Å². The van der Waals surface area contributed by atoms with Gasteiger partial charge in [0.2, 0.25) is 5.28 Å². The number of aryl methyl sites for hydroxylation is 1. The van der Waals surface area contributed by atoms with Crippen LogP contribution in [0.5, 0.6) is 0 Å². The normalized spacial score (nSPS) is 19.4. The van der Waals surface area contributed by atoms with Gasteiger partial charge in [-0.15, -0.1) is 5.10 Å². The fraction of sp³-hybridized carbons (Fsp3) is 0.750. The minimum atomic E-state index is -0.627. The van der Waals surface area contributed by atoms with E-state index in [4.69, 9.17) is 25.8 Å². The number of hydrogen-bond acceptors (Lipinski definition) is 11. The van der Waals surface area contributed by atoms with E-state index in [1.165, 1.54) is 6.42 Å². The van der Waals surface area contributed by atoms with Crippen molar-refractivity contribution in [1.82, 2.24) is 34.8 Å². The molecule has 3 aliphatic rings. The van der Waals surface area contributed by atoms with E-state index >= 15 is 0 Å². The molecule has 0 radical (unpaired) electrons. The number of hydrogen-bond donors (Lipinski definition) is 1. The summed E-state index contributed by atoms with van der Waals surface area (Å²) in [6.45, 7) is 14.4. The first kappa shape index (κ1) is 38.7. The molecule has 51 heavy (non-hydrogen) atoms. The zero-order valence-corrected chi connectivity index (χ0v) is 32.0. The molecule has 5 rings (SSSR count). The van der Waals surface area contributed by atoms with Crippen LogP contribution in [-0.2, 0) is 27.3 Å². The number of amides is 2. The van der Waals surface area contributed by atoms with E-state index < -0.39 is 11.2 Å². The van der Waals surface area contributed by atoms with Crippen molar-refractivity contribution in [3.05, 3.63) is 22.9 Å². The number of nitrogens with zero attached hydrogens (tertiary/aromatic N) is 8. The van der Waals surface area contributed by atoms with Crippen LogP contribution < -0.4 is 5.32 Å². The molecule has 2 aromatic heterocycles. The molecule has 14 nitrogen and oxygen atoms in total. The minimum absolute atomic E-state index is 0.0386. The molecule has 2 fully saturated rings. The molecular formula is C36H56ClN9O5. The van der Waals surface area contributed by atoms with E-state index in [1.807, 2.05) is 58.9 Å². The molecule has 2 unspecified atom stereocenters. The van der Waals surface area contributed by atoms with Crippen LogP contribution in [0.25, 0.3) is 0 Å². The highest BCUT2D eigenvalue weighted by atomic mass is 35.5. The molecule has 0 bridgehead atoms. The molecule has 15 heteroatoms. The second-order valence-corrected chi connectivity index (χ2v) is 16.1. The molecular weight excluding hydrogens is 674 g/mol. The lowest BCUT2D eigenvalue weighted by atomic mass is 9.94. The Hall–Kier alpha value is -3.52. The molecule has 1 saturated heterocycles. The first-order valence-corrected chi connectivity index (χ1v) is 19.0. The van der Waals surface area contributed by atoms with Crippen LogP contribution in [0.4, 0.5) is 21.1 Å². The van der Waals surface area contributed by atoms with Crippen LogP contribution in [0.15, 0.2) is 11.2 Å². The van der Waals surface area contributed by atoms with E-state index in [0.29, 0.717) is 57.1 Å². The molecule has 1 N–H and O–H groups in total. The number of carbonyl (C=O) groups is 2. The maximum Gasteiger partial charge on any atom is 0.410 e. The predicted octanol–water partition coefficient (Wildman–Crippen LogP) is 7.29. The maximum atomic E-state index is 13.3. The van der Waals surface area contributed by atoms with Crippen LogP contribution >= 0.6 is 11.6 Å². The summed E-state index contributed by atoms with van der Waals surface area (Å²) in [5, 5.41) is 12.1.